The van der Waals surface area contributed by atoms with E-state index < -0.39 is 48.2 Å². The van der Waals surface area contributed by atoms with Gasteiger partial charge in [-0.1, -0.05) is 64.0 Å². The van der Waals surface area contributed by atoms with Crippen molar-refractivity contribution in [2.75, 3.05) is 0 Å². The van der Waals surface area contributed by atoms with Gasteiger partial charge in [-0.2, -0.15) is 48.3 Å². The van der Waals surface area contributed by atoms with Crippen LogP contribution in [0.5, 0.6) is 0 Å². The molecule has 13 heteroatoms. The molecule has 0 amide bonds. The summed E-state index contributed by atoms with van der Waals surface area (Å²) in [6.07, 6.45) is -7.18. The van der Waals surface area contributed by atoms with Crippen LogP contribution in [0.2, 0.25) is 0 Å². The van der Waals surface area contributed by atoms with Crippen molar-refractivity contribution < 1.29 is 52.7 Å². The zero-order valence-electron chi connectivity index (χ0n) is 15.8. The first-order valence-corrected chi connectivity index (χ1v) is 9.77. The number of unbranched alkanes of at least 4 members (excludes halogenated alkanes) is 8. The van der Waals surface area contributed by atoms with Crippen LogP contribution in [0.3, 0.4) is 0 Å². The first-order valence-electron chi connectivity index (χ1n) is 9.32. The summed E-state index contributed by atoms with van der Waals surface area (Å²) in [4.78, 5) is 0. The van der Waals surface area contributed by atoms with Crippen molar-refractivity contribution in [1.29, 1.82) is 0 Å². The van der Waals surface area contributed by atoms with Crippen molar-refractivity contribution in [3.63, 3.8) is 0 Å². The lowest BCUT2D eigenvalue weighted by atomic mass is 9.96. The molecule has 0 bridgehead atoms. The van der Waals surface area contributed by atoms with Crippen LogP contribution < -0.4 is 0 Å². The third kappa shape index (κ3) is 8.57. The summed E-state index contributed by atoms with van der Waals surface area (Å²) < 4.78 is 154. The van der Waals surface area contributed by atoms with Crippen molar-refractivity contribution in [2.24, 2.45) is 0 Å². The highest BCUT2D eigenvalue weighted by Gasteiger charge is 2.81. The molecule has 30 heavy (non-hydrogen) atoms. The third-order valence-corrected chi connectivity index (χ3v) is 4.78. The molecule has 1 atom stereocenters. The van der Waals surface area contributed by atoms with Gasteiger partial charge in [-0.3, -0.25) is 0 Å². The molecule has 0 aliphatic carbocycles. The van der Waals surface area contributed by atoms with Gasteiger partial charge in [-0.15, -0.1) is 0 Å². The molecule has 0 heterocycles. The topological polar surface area (TPSA) is 0 Å². The molecule has 0 N–H and O–H groups in total. The quantitative estimate of drug-likeness (QED) is 0.133. The Balaban J connectivity index is 4.18. The van der Waals surface area contributed by atoms with Crippen LogP contribution in [0.15, 0.2) is 0 Å². The molecule has 0 nitrogen and oxygen atoms in total. The first-order chi connectivity index (χ1) is 13.4. The molecule has 182 valence electrons. The lowest BCUT2D eigenvalue weighted by Crippen LogP contribution is -2.63. The number of halogens is 12. The zero-order chi connectivity index (χ0) is 23.9. The molecule has 0 aromatic carbocycles. The number of alkyl halides is 12. The Morgan fingerprint density at radius 3 is 1.27 bits per heavy atom. The fourth-order valence-corrected chi connectivity index (χ4v) is 2.80. The summed E-state index contributed by atoms with van der Waals surface area (Å²) in [5.41, 5.74) is 0. The van der Waals surface area contributed by atoms with Gasteiger partial charge in [0.25, 0.3) is 0 Å². The van der Waals surface area contributed by atoms with E-state index in [1.165, 1.54) is 0 Å². The van der Waals surface area contributed by atoms with Gasteiger partial charge in [-0.25, -0.2) is 4.39 Å². The van der Waals surface area contributed by atoms with E-state index in [4.69, 9.17) is 0 Å². The molecule has 1 unspecified atom stereocenters. The van der Waals surface area contributed by atoms with E-state index >= 15 is 0 Å². The molecule has 0 saturated heterocycles. The third-order valence-electron chi connectivity index (χ3n) is 4.50. The summed E-state index contributed by atoms with van der Waals surface area (Å²) in [7, 11) is 0. The predicted octanol–water partition coefficient (Wildman–Crippen LogP) is 8.61. The van der Waals surface area contributed by atoms with Crippen LogP contribution in [0.1, 0.15) is 70.6 Å². The molecule has 0 saturated carbocycles. The fourth-order valence-electron chi connectivity index (χ4n) is 2.66. The number of hydrogen-bond donors (Lipinski definition) is 1. The summed E-state index contributed by atoms with van der Waals surface area (Å²) >= 11 is 1.92. The van der Waals surface area contributed by atoms with Crippen molar-refractivity contribution in [1.82, 2.24) is 0 Å². The second-order valence-electron chi connectivity index (χ2n) is 7.12. The van der Waals surface area contributed by atoms with Crippen molar-refractivity contribution in [3.05, 3.63) is 0 Å². The van der Waals surface area contributed by atoms with E-state index in [9.17, 15) is 52.7 Å². The van der Waals surface area contributed by atoms with Crippen LogP contribution in [0.25, 0.3) is 0 Å². The maximum absolute atomic E-state index is 13.5. The number of hydrogen-bond acceptors (Lipinski definition) is 1. The van der Waals surface area contributed by atoms with E-state index in [0.29, 0.717) is 38.5 Å². The van der Waals surface area contributed by atoms with Gasteiger partial charge in [0.05, 0.1) is 0 Å². The van der Waals surface area contributed by atoms with Crippen molar-refractivity contribution in [3.8, 4) is 0 Å². The Labute approximate surface area is 172 Å². The number of thiol groups is 1. The average Bonchev–Trinajstić information content (AvgIpc) is 2.56. The second-order valence-corrected chi connectivity index (χ2v) is 7.68. The molecule has 0 fully saturated rings. The van der Waals surface area contributed by atoms with Gasteiger partial charge < -0.3 is 0 Å². The monoisotopic (exact) mass is 488 g/mol. The summed E-state index contributed by atoms with van der Waals surface area (Å²) in [6.45, 7) is 0. The molecule has 0 aliphatic heterocycles. The zero-order valence-corrected chi connectivity index (χ0v) is 16.7. The van der Waals surface area contributed by atoms with E-state index in [-0.39, 0.29) is 19.3 Å². The molecule has 0 rings (SSSR count). The van der Waals surface area contributed by atoms with E-state index in [0.717, 1.165) is 0 Å². The molecule has 0 spiro atoms. The van der Waals surface area contributed by atoms with Crippen molar-refractivity contribution >= 4 is 12.6 Å². The molecule has 0 aromatic heterocycles. The Kier molecular flexibility index (Phi) is 11.2. The Morgan fingerprint density at radius 2 is 0.900 bits per heavy atom. The predicted molar refractivity (Wildman–Crippen MR) is 90.5 cm³/mol. The average molecular weight is 488 g/mol. The lowest BCUT2D eigenvalue weighted by molar-refractivity contribution is -0.357. The lowest BCUT2D eigenvalue weighted by Gasteiger charge is -2.36. The van der Waals surface area contributed by atoms with Crippen LogP contribution in [0.4, 0.5) is 52.7 Å². The Hall–Kier alpha value is -0.490. The van der Waals surface area contributed by atoms with E-state index in [1.807, 2.05) is 12.6 Å². The number of rotatable bonds is 15. The first kappa shape index (κ1) is 29.5. The largest absolute Gasteiger partial charge is 0.389 e. The highest BCUT2D eigenvalue weighted by molar-refractivity contribution is 7.81. The Morgan fingerprint density at radius 1 is 0.533 bits per heavy atom. The van der Waals surface area contributed by atoms with Crippen LogP contribution in [-0.2, 0) is 0 Å². The van der Waals surface area contributed by atoms with E-state index in [2.05, 4.69) is 0 Å². The van der Waals surface area contributed by atoms with Crippen LogP contribution in [-0.4, -0.2) is 35.4 Å². The minimum absolute atomic E-state index is 0.0123. The minimum Gasteiger partial charge on any atom is -0.241 e. The normalized spacial score (nSPS) is 15.5. The van der Waals surface area contributed by atoms with Gasteiger partial charge in [0, 0.05) is 6.42 Å². The standard InChI is InChI=1S/C17H24F12S/c18-12(14(22,23)15(24,25)16(26,27)17(28,29)30)10-8-6-4-2-1-3-5-7-9-11-13(19,20)21/h12,30H,1-11H2. The molecule has 0 radical (unpaired) electrons. The van der Waals surface area contributed by atoms with Gasteiger partial charge in [0.15, 0.2) is 6.17 Å². The maximum atomic E-state index is 13.5. The fraction of sp³-hybridized carbons (Fsp3) is 1.00. The minimum atomic E-state index is -6.66. The Bertz CT molecular complexity index is 484. The highest BCUT2D eigenvalue weighted by atomic mass is 32.1. The second kappa shape index (κ2) is 11.4. The summed E-state index contributed by atoms with van der Waals surface area (Å²) in [5.74, 6) is -19.3. The molecular weight excluding hydrogens is 464 g/mol. The highest BCUT2D eigenvalue weighted by Crippen LogP contribution is 2.55. The molecule has 0 aromatic rings. The van der Waals surface area contributed by atoms with Gasteiger partial charge in [0.2, 0.25) is 0 Å². The van der Waals surface area contributed by atoms with Crippen molar-refractivity contribution in [2.45, 2.75) is 106 Å². The smallest absolute Gasteiger partial charge is 0.241 e. The van der Waals surface area contributed by atoms with Gasteiger partial charge >= 0.3 is 29.2 Å². The van der Waals surface area contributed by atoms with Gasteiger partial charge in [0.1, 0.15) is 0 Å². The summed E-state index contributed by atoms with van der Waals surface area (Å²) in [6, 6.07) is 0. The molecule has 0 aliphatic rings. The SMILES string of the molecule is FC(CCCCCCCCCCCC(F)(F)F)C(F)(F)C(F)(F)C(F)(F)C(F)(F)S. The maximum Gasteiger partial charge on any atom is 0.389 e. The molecular formula is C17H24F12S. The van der Waals surface area contributed by atoms with Crippen LogP contribution in [0, 0.1) is 0 Å². The summed E-state index contributed by atoms with van der Waals surface area (Å²) in [5, 5.41) is -5.79. The van der Waals surface area contributed by atoms with Gasteiger partial charge in [-0.05, 0) is 12.8 Å². The van der Waals surface area contributed by atoms with E-state index in [1.54, 1.807) is 0 Å². The van der Waals surface area contributed by atoms with Crippen LogP contribution >= 0.6 is 12.6 Å².